The van der Waals surface area contributed by atoms with Gasteiger partial charge in [-0.05, 0) is 43.1 Å². The van der Waals surface area contributed by atoms with E-state index in [-0.39, 0.29) is 24.2 Å². The smallest absolute Gasteiger partial charge is 0.254 e. The van der Waals surface area contributed by atoms with Crippen LogP contribution in [0.2, 0.25) is 5.02 Å². The monoisotopic (exact) mass is 425 g/mol. The van der Waals surface area contributed by atoms with E-state index in [0.717, 1.165) is 50.5 Å². The van der Waals surface area contributed by atoms with Gasteiger partial charge in [0.1, 0.15) is 0 Å². The normalized spacial score (nSPS) is 14.7. The van der Waals surface area contributed by atoms with Gasteiger partial charge in [0.2, 0.25) is 0 Å². The third-order valence-electron chi connectivity index (χ3n) is 4.82. The van der Waals surface area contributed by atoms with Crippen LogP contribution in [-0.2, 0) is 0 Å². The molecule has 154 valence electrons. The predicted octanol–water partition coefficient (Wildman–Crippen LogP) is 3.10. The first kappa shape index (κ1) is 22.7. The van der Waals surface area contributed by atoms with E-state index < -0.39 is 0 Å². The second-order valence-corrected chi connectivity index (χ2v) is 7.62. The molecule has 0 aliphatic carbocycles. The Bertz CT molecular complexity index is 754. The van der Waals surface area contributed by atoms with Crippen molar-refractivity contribution in [3.63, 3.8) is 0 Å². The number of aromatic nitrogens is 2. The Morgan fingerprint density at radius 2 is 1.93 bits per heavy atom. The highest BCUT2D eigenvalue weighted by Crippen LogP contribution is 2.24. The minimum Gasteiger partial charge on any atom is -0.352 e. The summed E-state index contributed by atoms with van der Waals surface area (Å²) in [6.07, 6.45) is 2.61. The summed E-state index contributed by atoms with van der Waals surface area (Å²) >= 11 is 5.98. The molecule has 0 radical (unpaired) electrons. The van der Waals surface area contributed by atoms with Crippen LogP contribution in [0.15, 0.2) is 30.5 Å². The lowest BCUT2D eigenvalue weighted by molar-refractivity contribution is 0.0950. The number of carbonyl (C=O) groups is 1. The van der Waals surface area contributed by atoms with Gasteiger partial charge >= 0.3 is 0 Å². The van der Waals surface area contributed by atoms with E-state index in [4.69, 9.17) is 11.6 Å². The van der Waals surface area contributed by atoms with Gasteiger partial charge in [0, 0.05) is 37.7 Å². The molecule has 0 unspecified atom stereocenters. The summed E-state index contributed by atoms with van der Waals surface area (Å²) in [4.78, 5) is 15.1. The summed E-state index contributed by atoms with van der Waals surface area (Å²) < 4.78 is 1.83. The van der Waals surface area contributed by atoms with E-state index in [2.05, 4.69) is 34.5 Å². The Hall–Kier alpha value is -1.60. The van der Waals surface area contributed by atoms with Gasteiger partial charge in [0.15, 0.2) is 0 Å². The minimum absolute atomic E-state index is 0. The lowest BCUT2D eigenvalue weighted by Crippen LogP contribution is -2.44. The van der Waals surface area contributed by atoms with Crippen LogP contribution in [0.1, 0.15) is 42.2 Å². The molecule has 0 atom stereocenters. The Morgan fingerprint density at radius 3 is 2.57 bits per heavy atom. The number of hydrogen-bond donors (Lipinski definition) is 2. The van der Waals surface area contributed by atoms with E-state index in [9.17, 15) is 4.79 Å². The van der Waals surface area contributed by atoms with Crippen LogP contribution in [-0.4, -0.2) is 59.9 Å². The number of benzene rings is 1. The molecule has 1 saturated heterocycles. The largest absolute Gasteiger partial charge is 0.352 e. The fourth-order valence-electron chi connectivity index (χ4n) is 3.41. The number of amides is 1. The Balaban J connectivity index is 0.00000280. The molecule has 1 aromatic heterocycles. The van der Waals surface area contributed by atoms with Crippen LogP contribution < -0.4 is 10.6 Å². The van der Waals surface area contributed by atoms with Crippen molar-refractivity contribution < 1.29 is 4.79 Å². The predicted molar refractivity (Wildman–Crippen MR) is 116 cm³/mol. The lowest BCUT2D eigenvalue weighted by Gasteiger charge is -2.27. The molecule has 0 saturated carbocycles. The first-order valence-corrected chi connectivity index (χ1v) is 9.99. The maximum absolute atomic E-state index is 12.7. The average molecular weight is 426 g/mol. The molecule has 0 bridgehead atoms. The van der Waals surface area contributed by atoms with E-state index in [0.29, 0.717) is 17.1 Å². The van der Waals surface area contributed by atoms with Crippen molar-refractivity contribution in [2.24, 2.45) is 0 Å². The zero-order valence-corrected chi connectivity index (χ0v) is 18.0. The van der Waals surface area contributed by atoms with Crippen molar-refractivity contribution in [3.8, 4) is 5.69 Å². The van der Waals surface area contributed by atoms with Crippen molar-refractivity contribution in [1.29, 1.82) is 0 Å². The zero-order chi connectivity index (χ0) is 19.2. The molecule has 2 heterocycles. The highest BCUT2D eigenvalue weighted by Gasteiger charge is 2.20. The quantitative estimate of drug-likeness (QED) is 0.668. The molecule has 1 fully saturated rings. The Morgan fingerprint density at radius 1 is 1.25 bits per heavy atom. The lowest BCUT2D eigenvalue weighted by atomic mass is 10.0. The fraction of sp³-hybridized carbons (Fsp3) is 0.500. The van der Waals surface area contributed by atoms with Crippen LogP contribution in [0.5, 0.6) is 0 Å². The van der Waals surface area contributed by atoms with Crippen molar-refractivity contribution in [1.82, 2.24) is 25.3 Å². The SMILES string of the molecule is CC(C)c1c(C(=O)NCCCN2CCNCC2)cnn1-c1ccc(Cl)cc1.Cl. The number of carbonyl (C=O) groups excluding carboxylic acids is 1. The molecular weight excluding hydrogens is 397 g/mol. The molecular formula is C20H29Cl2N5O. The molecule has 2 N–H and O–H groups in total. The second kappa shape index (κ2) is 10.8. The molecule has 3 rings (SSSR count). The van der Waals surface area contributed by atoms with Gasteiger partial charge in [-0.15, -0.1) is 12.4 Å². The van der Waals surface area contributed by atoms with Gasteiger partial charge in [-0.25, -0.2) is 4.68 Å². The third kappa shape index (κ3) is 5.70. The highest BCUT2D eigenvalue weighted by atomic mass is 35.5. The topological polar surface area (TPSA) is 62.2 Å². The van der Waals surface area contributed by atoms with Crippen molar-refractivity contribution >= 4 is 29.9 Å². The van der Waals surface area contributed by atoms with Gasteiger partial charge in [0.05, 0.1) is 23.1 Å². The summed E-state index contributed by atoms with van der Waals surface area (Å²) in [6.45, 7) is 10.1. The summed E-state index contributed by atoms with van der Waals surface area (Å²) in [5, 5.41) is 11.5. The first-order valence-electron chi connectivity index (χ1n) is 9.61. The summed E-state index contributed by atoms with van der Waals surface area (Å²) in [5.74, 6) is 0.115. The standard InChI is InChI=1S/C20H28ClN5O.ClH/c1-15(2)19-18(14-24-26(19)17-6-4-16(21)5-7-17)20(27)23-8-3-11-25-12-9-22-10-13-25;/h4-7,14-15,22H,3,8-13H2,1-2H3,(H,23,27);1H. The number of nitrogens with one attached hydrogen (secondary N) is 2. The zero-order valence-electron chi connectivity index (χ0n) is 16.4. The molecule has 1 aliphatic rings. The van der Waals surface area contributed by atoms with Gasteiger partial charge < -0.3 is 15.5 Å². The number of piperazine rings is 1. The summed E-state index contributed by atoms with van der Waals surface area (Å²) in [7, 11) is 0. The van der Waals surface area contributed by atoms with Crippen LogP contribution in [0.3, 0.4) is 0 Å². The fourth-order valence-corrected chi connectivity index (χ4v) is 3.54. The number of rotatable bonds is 7. The van der Waals surface area contributed by atoms with E-state index in [1.165, 1.54) is 0 Å². The maximum atomic E-state index is 12.7. The van der Waals surface area contributed by atoms with Crippen LogP contribution in [0.4, 0.5) is 0 Å². The molecule has 1 amide bonds. The Labute approximate surface area is 178 Å². The van der Waals surface area contributed by atoms with E-state index >= 15 is 0 Å². The van der Waals surface area contributed by atoms with Crippen molar-refractivity contribution in [2.75, 3.05) is 39.3 Å². The van der Waals surface area contributed by atoms with Crippen LogP contribution in [0.25, 0.3) is 5.69 Å². The molecule has 2 aromatic rings. The summed E-state index contributed by atoms with van der Waals surface area (Å²) in [6, 6.07) is 7.49. The highest BCUT2D eigenvalue weighted by molar-refractivity contribution is 6.30. The maximum Gasteiger partial charge on any atom is 0.254 e. The number of nitrogens with zero attached hydrogens (tertiary/aromatic N) is 3. The number of halogens is 2. The van der Waals surface area contributed by atoms with Crippen LogP contribution in [0, 0.1) is 0 Å². The van der Waals surface area contributed by atoms with E-state index in [1.807, 2.05) is 28.9 Å². The molecule has 0 spiro atoms. The van der Waals surface area contributed by atoms with Gasteiger partial charge in [-0.1, -0.05) is 25.4 Å². The second-order valence-electron chi connectivity index (χ2n) is 7.19. The van der Waals surface area contributed by atoms with Crippen molar-refractivity contribution in [3.05, 3.63) is 46.7 Å². The molecule has 6 nitrogen and oxygen atoms in total. The summed E-state index contributed by atoms with van der Waals surface area (Å²) in [5.41, 5.74) is 2.46. The average Bonchev–Trinajstić information content (AvgIpc) is 3.12. The van der Waals surface area contributed by atoms with Gasteiger partial charge in [0.25, 0.3) is 5.91 Å². The molecule has 1 aliphatic heterocycles. The Kier molecular flexibility index (Phi) is 8.76. The van der Waals surface area contributed by atoms with Crippen LogP contribution >= 0.6 is 24.0 Å². The first-order chi connectivity index (χ1) is 13.1. The van der Waals surface area contributed by atoms with Crippen molar-refractivity contribution in [2.45, 2.75) is 26.2 Å². The molecule has 8 heteroatoms. The van der Waals surface area contributed by atoms with Gasteiger partial charge in [-0.3, -0.25) is 4.79 Å². The van der Waals surface area contributed by atoms with Gasteiger partial charge in [-0.2, -0.15) is 5.10 Å². The number of hydrogen-bond acceptors (Lipinski definition) is 4. The minimum atomic E-state index is -0.0563. The molecule has 28 heavy (non-hydrogen) atoms. The third-order valence-corrected chi connectivity index (χ3v) is 5.07. The van der Waals surface area contributed by atoms with E-state index in [1.54, 1.807) is 6.20 Å². The molecule has 1 aromatic carbocycles.